The summed E-state index contributed by atoms with van der Waals surface area (Å²) >= 11 is 0. The van der Waals surface area contributed by atoms with Gasteiger partial charge in [-0.15, -0.1) is 0 Å². The Kier molecular flexibility index (Phi) is 2.73. The highest BCUT2D eigenvalue weighted by atomic mass is 16.5. The van der Waals surface area contributed by atoms with E-state index in [2.05, 4.69) is 18.2 Å². The molecule has 25 heavy (non-hydrogen) atoms. The number of para-hydroxylation sites is 1. The second-order valence-corrected chi connectivity index (χ2v) is 7.15. The molecule has 3 aliphatic rings. The SMILES string of the molecule is N#CC1=C(N)Oc2c(c(=O)oc3ccccc23)[C@@H]1[C@@]12C=C[C@@H](CC1)C2. The molecule has 1 saturated carbocycles. The van der Waals surface area contributed by atoms with Crippen LogP contribution in [0.2, 0.25) is 0 Å². The first-order valence-electron chi connectivity index (χ1n) is 8.46. The fraction of sp³-hybridized carbons (Fsp3) is 0.300. The highest BCUT2D eigenvalue weighted by molar-refractivity contribution is 5.85. The van der Waals surface area contributed by atoms with E-state index in [1.54, 1.807) is 12.1 Å². The van der Waals surface area contributed by atoms with Gasteiger partial charge in [0, 0.05) is 11.3 Å². The fourth-order valence-electron chi connectivity index (χ4n) is 4.79. The number of hydrogen-bond acceptors (Lipinski definition) is 5. The number of hydrogen-bond donors (Lipinski definition) is 1. The van der Waals surface area contributed by atoms with Gasteiger partial charge in [0.15, 0.2) is 5.75 Å². The summed E-state index contributed by atoms with van der Waals surface area (Å²) in [6.07, 6.45) is 7.30. The van der Waals surface area contributed by atoms with Gasteiger partial charge in [-0.05, 0) is 37.3 Å². The molecule has 0 radical (unpaired) electrons. The molecule has 2 aromatic rings. The van der Waals surface area contributed by atoms with E-state index in [4.69, 9.17) is 14.9 Å². The lowest BCUT2D eigenvalue weighted by molar-refractivity contribution is 0.299. The summed E-state index contributed by atoms with van der Waals surface area (Å²) in [4.78, 5) is 12.8. The van der Waals surface area contributed by atoms with Crippen molar-refractivity contribution in [1.29, 1.82) is 5.26 Å². The second-order valence-electron chi connectivity index (χ2n) is 7.15. The van der Waals surface area contributed by atoms with Crippen LogP contribution in [0, 0.1) is 22.7 Å². The minimum atomic E-state index is -0.447. The molecule has 0 unspecified atom stereocenters. The zero-order valence-corrected chi connectivity index (χ0v) is 13.5. The number of benzene rings is 1. The number of rotatable bonds is 1. The van der Waals surface area contributed by atoms with Crippen LogP contribution in [0.1, 0.15) is 30.7 Å². The predicted octanol–water partition coefficient (Wildman–Crippen LogP) is 3.32. The first kappa shape index (κ1) is 14.4. The van der Waals surface area contributed by atoms with Gasteiger partial charge in [-0.25, -0.2) is 4.79 Å². The van der Waals surface area contributed by atoms with E-state index in [-0.39, 0.29) is 11.3 Å². The van der Waals surface area contributed by atoms with Gasteiger partial charge in [0.2, 0.25) is 5.88 Å². The van der Waals surface area contributed by atoms with Crippen LogP contribution in [-0.4, -0.2) is 0 Å². The van der Waals surface area contributed by atoms with Crippen molar-refractivity contribution in [3.8, 4) is 11.8 Å². The molecule has 1 fully saturated rings. The molecule has 5 heteroatoms. The average Bonchev–Trinajstić information content (AvgIpc) is 3.23. The number of nitrogens with two attached hydrogens (primary N) is 1. The molecule has 2 heterocycles. The molecule has 3 atom stereocenters. The van der Waals surface area contributed by atoms with Crippen molar-refractivity contribution in [2.75, 3.05) is 0 Å². The number of ether oxygens (including phenoxy) is 1. The van der Waals surface area contributed by atoms with Crippen LogP contribution in [0.3, 0.4) is 0 Å². The minimum absolute atomic E-state index is 0.0916. The monoisotopic (exact) mass is 332 g/mol. The Morgan fingerprint density at radius 3 is 2.84 bits per heavy atom. The van der Waals surface area contributed by atoms with Crippen molar-refractivity contribution < 1.29 is 9.15 Å². The number of allylic oxidation sites excluding steroid dienone is 3. The van der Waals surface area contributed by atoms with Crippen LogP contribution in [0.4, 0.5) is 0 Å². The molecule has 1 aliphatic heterocycles. The highest BCUT2D eigenvalue weighted by Crippen LogP contribution is 2.60. The van der Waals surface area contributed by atoms with Crippen molar-refractivity contribution in [1.82, 2.24) is 0 Å². The van der Waals surface area contributed by atoms with Crippen LogP contribution in [0.25, 0.3) is 11.0 Å². The van der Waals surface area contributed by atoms with Crippen molar-refractivity contribution in [2.45, 2.75) is 25.2 Å². The van der Waals surface area contributed by atoms with Crippen molar-refractivity contribution in [2.24, 2.45) is 17.1 Å². The second kappa shape index (κ2) is 4.76. The van der Waals surface area contributed by atoms with Crippen LogP contribution in [-0.2, 0) is 0 Å². The molecule has 0 amide bonds. The third-order valence-corrected chi connectivity index (χ3v) is 5.87. The van der Waals surface area contributed by atoms with Gasteiger partial charge < -0.3 is 14.9 Å². The maximum Gasteiger partial charge on any atom is 0.343 e. The molecule has 1 aromatic heterocycles. The maximum absolute atomic E-state index is 12.8. The van der Waals surface area contributed by atoms with Gasteiger partial charge >= 0.3 is 5.63 Å². The summed E-state index contributed by atoms with van der Waals surface area (Å²) in [5.74, 6) is 0.631. The zero-order valence-electron chi connectivity index (χ0n) is 13.5. The van der Waals surface area contributed by atoms with E-state index in [1.165, 1.54) is 0 Å². The third-order valence-electron chi connectivity index (χ3n) is 5.87. The molecular formula is C20H16N2O3. The number of nitrogens with zero attached hydrogens (tertiary/aromatic N) is 1. The van der Waals surface area contributed by atoms with E-state index in [0.717, 1.165) is 19.3 Å². The highest BCUT2D eigenvalue weighted by Gasteiger charge is 2.52. The normalized spacial score (nSPS) is 29.6. The smallest absolute Gasteiger partial charge is 0.343 e. The molecule has 1 aromatic carbocycles. The molecule has 2 bridgehead atoms. The fourth-order valence-corrected chi connectivity index (χ4v) is 4.79. The maximum atomic E-state index is 12.8. The van der Waals surface area contributed by atoms with E-state index < -0.39 is 11.5 Å². The Morgan fingerprint density at radius 2 is 2.16 bits per heavy atom. The molecular weight excluding hydrogens is 316 g/mol. The van der Waals surface area contributed by atoms with Gasteiger partial charge in [-0.1, -0.05) is 24.3 Å². The van der Waals surface area contributed by atoms with Gasteiger partial charge in [0.1, 0.15) is 11.7 Å². The lowest BCUT2D eigenvalue weighted by Gasteiger charge is -2.36. The summed E-state index contributed by atoms with van der Waals surface area (Å²) < 4.78 is 11.3. The summed E-state index contributed by atoms with van der Waals surface area (Å²) in [5.41, 5.74) is 6.63. The third kappa shape index (κ3) is 1.79. The Labute approximate surface area is 144 Å². The summed E-state index contributed by atoms with van der Waals surface area (Å²) in [6, 6.07) is 9.43. The topological polar surface area (TPSA) is 89.3 Å². The Hall–Kier alpha value is -3.00. The number of nitriles is 1. The summed E-state index contributed by atoms with van der Waals surface area (Å²) in [5, 5.41) is 10.4. The first-order chi connectivity index (χ1) is 12.1. The van der Waals surface area contributed by atoms with Gasteiger partial charge in [-0.3, -0.25) is 0 Å². The van der Waals surface area contributed by atoms with E-state index >= 15 is 0 Å². The molecule has 0 spiro atoms. The Balaban J connectivity index is 1.85. The quantitative estimate of drug-likeness (QED) is 0.639. The largest absolute Gasteiger partial charge is 0.439 e. The van der Waals surface area contributed by atoms with Gasteiger partial charge in [-0.2, -0.15) is 5.26 Å². The van der Waals surface area contributed by atoms with Crippen LogP contribution in [0.15, 0.2) is 57.1 Å². The summed E-state index contributed by atoms with van der Waals surface area (Å²) in [6.45, 7) is 0. The van der Waals surface area contributed by atoms with E-state index in [0.29, 0.717) is 33.8 Å². The van der Waals surface area contributed by atoms with E-state index in [9.17, 15) is 10.1 Å². The lowest BCUT2D eigenvalue weighted by atomic mass is 9.67. The molecule has 5 nitrogen and oxygen atoms in total. The first-order valence-corrected chi connectivity index (χ1v) is 8.46. The van der Waals surface area contributed by atoms with Gasteiger partial charge in [0.05, 0.1) is 16.5 Å². The molecule has 2 N–H and O–H groups in total. The zero-order chi connectivity index (χ0) is 17.2. The van der Waals surface area contributed by atoms with Crippen LogP contribution in [0.5, 0.6) is 5.75 Å². The van der Waals surface area contributed by atoms with Crippen molar-refractivity contribution in [3.63, 3.8) is 0 Å². The standard InChI is InChI=1S/C20H16N2O3/c21-10-13-16(20-7-5-11(9-20)6-8-20)15-17(25-18(13)22)12-3-1-2-4-14(12)24-19(15)23/h1-5,7,11,16H,6,8-9,22H2/t11-,16+,20-/m0/s1. The number of fused-ring (bicyclic) bond motifs is 5. The van der Waals surface area contributed by atoms with Crippen LogP contribution < -0.4 is 16.1 Å². The molecule has 0 saturated heterocycles. The van der Waals surface area contributed by atoms with Gasteiger partial charge in [0.25, 0.3) is 0 Å². The Morgan fingerprint density at radius 1 is 1.32 bits per heavy atom. The summed E-state index contributed by atoms with van der Waals surface area (Å²) in [7, 11) is 0. The average molecular weight is 332 g/mol. The molecule has 2 aliphatic carbocycles. The molecule has 124 valence electrons. The molecule has 5 rings (SSSR count). The van der Waals surface area contributed by atoms with Crippen molar-refractivity contribution >= 4 is 11.0 Å². The lowest BCUT2D eigenvalue weighted by Crippen LogP contribution is -2.34. The minimum Gasteiger partial charge on any atom is -0.439 e. The predicted molar refractivity (Wildman–Crippen MR) is 91.6 cm³/mol. The van der Waals surface area contributed by atoms with E-state index in [1.807, 2.05) is 12.1 Å². The Bertz CT molecular complexity index is 1070. The van der Waals surface area contributed by atoms with Crippen molar-refractivity contribution in [3.05, 3.63) is 63.9 Å². The van der Waals surface area contributed by atoms with Crippen LogP contribution >= 0.6 is 0 Å².